The summed E-state index contributed by atoms with van der Waals surface area (Å²) < 4.78 is 14.8. The fourth-order valence-electron chi connectivity index (χ4n) is 1.42. The van der Waals surface area contributed by atoms with Gasteiger partial charge in [0.15, 0.2) is 23.0 Å². The van der Waals surface area contributed by atoms with Gasteiger partial charge in [-0.2, -0.15) is 0 Å². The summed E-state index contributed by atoms with van der Waals surface area (Å²) in [5.74, 6) is 2.23. The van der Waals surface area contributed by atoms with Crippen molar-refractivity contribution in [3.05, 3.63) is 48.5 Å². The minimum Gasteiger partial charge on any atom is -0.504 e. The van der Waals surface area contributed by atoms with Gasteiger partial charge in [-0.15, -0.1) is 0 Å². The quantitative estimate of drug-likeness (QED) is 0.923. The van der Waals surface area contributed by atoms with Gasteiger partial charge in [0.25, 0.3) is 0 Å². The van der Waals surface area contributed by atoms with Gasteiger partial charge >= 0.3 is 0 Å². The highest BCUT2D eigenvalue weighted by atomic mass is 16.5. The molecule has 19 heavy (non-hydrogen) atoms. The third kappa shape index (κ3) is 4.43. The Labute approximate surface area is 113 Å². The average molecular weight is 262 g/mol. The Kier molecular flexibility index (Phi) is 6.09. The monoisotopic (exact) mass is 262 g/mol. The second kappa shape index (κ2) is 7.87. The zero-order chi connectivity index (χ0) is 14.1. The molecule has 0 aliphatic carbocycles. The molecular weight excluding hydrogens is 244 g/mol. The predicted molar refractivity (Wildman–Crippen MR) is 74.2 cm³/mol. The Morgan fingerprint density at radius 2 is 1.00 bits per heavy atom. The van der Waals surface area contributed by atoms with Gasteiger partial charge in [-0.25, -0.2) is 0 Å². The van der Waals surface area contributed by atoms with Crippen LogP contribution >= 0.6 is 0 Å². The van der Waals surface area contributed by atoms with Gasteiger partial charge in [0, 0.05) is 0 Å². The van der Waals surface area contributed by atoms with Gasteiger partial charge in [-0.05, 0) is 24.3 Å². The molecule has 0 aromatic heterocycles. The molecule has 0 bridgehead atoms. The summed E-state index contributed by atoms with van der Waals surface area (Å²) in [6, 6.07) is 14.4. The third-order valence-corrected chi connectivity index (χ3v) is 2.37. The van der Waals surface area contributed by atoms with Crippen molar-refractivity contribution in [3.8, 4) is 23.0 Å². The minimum absolute atomic E-state index is 0.181. The Morgan fingerprint density at radius 1 is 0.632 bits per heavy atom. The molecule has 2 rings (SSSR count). The van der Waals surface area contributed by atoms with Crippen molar-refractivity contribution in [2.45, 2.75) is 0 Å². The van der Waals surface area contributed by atoms with Crippen LogP contribution in [0.4, 0.5) is 0 Å². The lowest BCUT2D eigenvalue weighted by Gasteiger charge is -2.04. The number of methoxy groups -OCH3 is 3. The van der Waals surface area contributed by atoms with E-state index in [4.69, 9.17) is 19.3 Å². The first kappa shape index (κ1) is 14.7. The molecule has 0 aliphatic heterocycles. The summed E-state index contributed by atoms with van der Waals surface area (Å²) >= 11 is 0. The molecule has 0 unspecified atom stereocenters. The normalized spacial score (nSPS) is 9.00. The lowest BCUT2D eigenvalue weighted by atomic mass is 10.3. The number of rotatable bonds is 3. The topological polar surface area (TPSA) is 47.9 Å². The van der Waals surface area contributed by atoms with E-state index in [-0.39, 0.29) is 5.75 Å². The second-order valence-corrected chi connectivity index (χ2v) is 3.53. The lowest BCUT2D eigenvalue weighted by molar-refractivity contribution is 0.355. The van der Waals surface area contributed by atoms with E-state index in [2.05, 4.69) is 0 Å². The van der Waals surface area contributed by atoms with Crippen LogP contribution in [0.2, 0.25) is 0 Å². The van der Waals surface area contributed by atoms with Crippen molar-refractivity contribution in [3.63, 3.8) is 0 Å². The number of hydrogen-bond acceptors (Lipinski definition) is 4. The van der Waals surface area contributed by atoms with Crippen LogP contribution < -0.4 is 14.2 Å². The molecule has 0 fully saturated rings. The van der Waals surface area contributed by atoms with E-state index >= 15 is 0 Å². The van der Waals surface area contributed by atoms with E-state index in [0.29, 0.717) is 5.75 Å². The van der Waals surface area contributed by atoms with Crippen LogP contribution in [0.3, 0.4) is 0 Å². The van der Waals surface area contributed by atoms with Crippen molar-refractivity contribution in [2.75, 3.05) is 21.3 Å². The molecule has 0 saturated heterocycles. The van der Waals surface area contributed by atoms with Crippen LogP contribution in [0, 0.1) is 0 Å². The molecule has 1 N–H and O–H groups in total. The Hall–Kier alpha value is -2.36. The van der Waals surface area contributed by atoms with Crippen LogP contribution in [-0.4, -0.2) is 26.4 Å². The zero-order valence-corrected chi connectivity index (χ0v) is 11.3. The molecule has 0 amide bonds. The first-order chi connectivity index (χ1) is 9.22. The standard InChI is InChI=1S/C8H10O2.C7H8O2/c1-9-7-5-3-4-6-8(7)10-2;1-9-7-5-3-2-4-6(7)8/h3-6H,1-2H3;2-5,8H,1H3. The van der Waals surface area contributed by atoms with E-state index < -0.39 is 0 Å². The molecular formula is C15H18O4. The molecule has 4 heteroatoms. The maximum atomic E-state index is 8.99. The molecule has 0 aliphatic rings. The number of phenols is 1. The van der Waals surface area contributed by atoms with E-state index in [1.165, 1.54) is 7.11 Å². The summed E-state index contributed by atoms with van der Waals surface area (Å²) in [5.41, 5.74) is 0. The summed E-state index contributed by atoms with van der Waals surface area (Å²) in [6.45, 7) is 0. The molecule has 0 spiro atoms. The van der Waals surface area contributed by atoms with Crippen LogP contribution in [-0.2, 0) is 0 Å². The highest BCUT2D eigenvalue weighted by Crippen LogP contribution is 2.24. The van der Waals surface area contributed by atoms with Crippen molar-refractivity contribution < 1.29 is 19.3 Å². The molecule has 0 radical (unpaired) electrons. The van der Waals surface area contributed by atoms with Gasteiger partial charge in [0.2, 0.25) is 0 Å². The van der Waals surface area contributed by atoms with Crippen LogP contribution in [0.25, 0.3) is 0 Å². The van der Waals surface area contributed by atoms with Crippen molar-refractivity contribution in [1.82, 2.24) is 0 Å². The largest absolute Gasteiger partial charge is 0.504 e. The molecule has 0 atom stereocenters. The summed E-state index contributed by atoms with van der Waals surface area (Å²) in [5, 5.41) is 8.99. The smallest absolute Gasteiger partial charge is 0.160 e. The molecule has 0 saturated carbocycles. The number of aromatic hydroxyl groups is 1. The maximum Gasteiger partial charge on any atom is 0.160 e. The number of ether oxygens (including phenoxy) is 3. The average Bonchev–Trinajstić information content (AvgIpc) is 2.48. The number of phenolic OH excluding ortho intramolecular Hbond substituents is 1. The van der Waals surface area contributed by atoms with E-state index in [1.807, 2.05) is 24.3 Å². The van der Waals surface area contributed by atoms with Crippen molar-refractivity contribution in [2.24, 2.45) is 0 Å². The maximum absolute atomic E-state index is 8.99. The van der Waals surface area contributed by atoms with Gasteiger partial charge in [0.1, 0.15) is 0 Å². The first-order valence-corrected chi connectivity index (χ1v) is 5.72. The van der Waals surface area contributed by atoms with Crippen LogP contribution in [0.5, 0.6) is 23.0 Å². The Bertz CT molecular complexity index is 474. The second-order valence-electron chi connectivity index (χ2n) is 3.53. The molecule has 102 valence electrons. The summed E-state index contributed by atoms with van der Waals surface area (Å²) in [7, 11) is 4.77. The van der Waals surface area contributed by atoms with E-state index in [1.54, 1.807) is 38.5 Å². The van der Waals surface area contributed by atoms with E-state index in [9.17, 15) is 0 Å². The molecule has 0 heterocycles. The fraction of sp³-hybridized carbons (Fsp3) is 0.200. The van der Waals surface area contributed by atoms with Gasteiger partial charge in [-0.1, -0.05) is 24.3 Å². The summed E-state index contributed by atoms with van der Waals surface area (Å²) in [4.78, 5) is 0. The highest BCUT2D eigenvalue weighted by molar-refractivity contribution is 5.39. The summed E-state index contributed by atoms with van der Waals surface area (Å²) in [6.07, 6.45) is 0. The Morgan fingerprint density at radius 3 is 1.32 bits per heavy atom. The zero-order valence-electron chi connectivity index (χ0n) is 11.3. The van der Waals surface area contributed by atoms with Crippen molar-refractivity contribution in [1.29, 1.82) is 0 Å². The minimum atomic E-state index is 0.181. The lowest BCUT2D eigenvalue weighted by Crippen LogP contribution is -1.88. The Balaban J connectivity index is 0.000000191. The number of para-hydroxylation sites is 4. The predicted octanol–water partition coefficient (Wildman–Crippen LogP) is 3.10. The van der Waals surface area contributed by atoms with E-state index in [0.717, 1.165) is 11.5 Å². The van der Waals surface area contributed by atoms with Gasteiger partial charge < -0.3 is 19.3 Å². The van der Waals surface area contributed by atoms with Crippen LogP contribution in [0.15, 0.2) is 48.5 Å². The molecule has 2 aromatic carbocycles. The number of hydrogen-bond donors (Lipinski definition) is 1. The van der Waals surface area contributed by atoms with Crippen molar-refractivity contribution >= 4 is 0 Å². The van der Waals surface area contributed by atoms with Gasteiger partial charge in [0.05, 0.1) is 21.3 Å². The van der Waals surface area contributed by atoms with Crippen LogP contribution in [0.1, 0.15) is 0 Å². The fourth-order valence-corrected chi connectivity index (χ4v) is 1.42. The molecule has 4 nitrogen and oxygen atoms in total. The molecule has 2 aromatic rings. The van der Waals surface area contributed by atoms with Gasteiger partial charge in [-0.3, -0.25) is 0 Å². The third-order valence-electron chi connectivity index (χ3n) is 2.37. The first-order valence-electron chi connectivity index (χ1n) is 5.72. The number of benzene rings is 2. The highest BCUT2D eigenvalue weighted by Gasteiger charge is 1.97. The SMILES string of the molecule is COc1ccccc1O.COc1ccccc1OC.